The van der Waals surface area contributed by atoms with Gasteiger partial charge >= 0.3 is 0 Å². The number of likely N-dealkylation sites (N-methyl/N-ethyl adjacent to an activating group) is 1. The van der Waals surface area contributed by atoms with Crippen LogP contribution in [0.4, 0.5) is 11.4 Å². The normalized spacial score (nSPS) is 10.6. The fraction of sp³-hybridized carbons (Fsp3) is 0.350. The highest BCUT2D eigenvalue weighted by Crippen LogP contribution is 2.14. The lowest BCUT2D eigenvalue weighted by molar-refractivity contribution is -0.117. The monoisotopic (exact) mass is 354 g/mol. The van der Waals surface area contributed by atoms with Gasteiger partial charge in [-0.15, -0.1) is 0 Å². The van der Waals surface area contributed by atoms with Crippen molar-refractivity contribution >= 4 is 23.2 Å². The molecular weight excluding hydrogens is 328 g/mol. The Morgan fingerprint density at radius 2 is 1.54 bits per heavy atom. The minimum Gasteiger partial charge on any atom is -0.326 e. The summed E-state index contributed by atoms with van der Waals surface area (Å²) in [6.07, 6.45) is 5.89. The van der Waals surface area contributed by atoms with Crippen molar-refractivity contribution in [2.24, 2.45) is 0 Å². The summed E-state index contributed by atoms with van der Waals surface area (Å²) in [4.78, 5) is 29.8. The first-order chi connectivity index (χ1) is 12.6. The summed E-state index contributed by atoms with van der Waals surface area (Å²) in [6.45, 7) is 3.02. The van der Waals surface area contributed by atoms with Gasteiger partial charge in [0.2, 0.25) is 11.8 Å². The molecule has 0 radical (unpaired) electrons. The number of hydrogen-bond acceptors (Lipinski definition) is 4. The predicted octanol–water partition coefficient (Wildman–Crippen LogP) is 3.28. The Morgan fingerprint density at radius 1 is 0.962 bits per heavy atom. The van der Waals surface area contributed by atoms with Gasteiger partial charge < -0.3 is 10.6 Å². The molecule has 2 rings (SSSR count). The number of nitrogens with one attached hydrogen (secondary N) is 2. The van der Waals surface area contributed by atoms with Crippen molar-refractivity contribution in [3.8, 4) is 0 Å². The van der Waals surface area contributed by atoms with Crippen molar-refractivity contribution < 1.29 is 9.59 Å². The number of carbonyl (C=O) groups excluding carboxylic acids is 2. The van der Waals surface area contributed by atoms with E-state index in [-0.39, 0.29) is 18.4 Å². The van der Waals surface area contributed by atoms with Crippen molar-refractivity contribution in [3.05, 3.63) is 54.4 Å². The number of unbranched alkanes of at least 4 members (excludes halogenated alkanes) is 1. The summed E-state index contributed by atoms with van der Waals surface area (Å²) >= 11 is 0. The van der Waals surface area contributed by atoms with Gasteiger partial charge in [0, 0.05) is 36.7 Å². The van der Waals surface area contributed by atoms with E-state index < -0.39 is 0 Å². The quantitative estimate of drug-likeness (QED) is 0.725. The molecule has 0 saturated carbocycles. The number of amides is 2. The summed E-state index contributed by atoms with van der Waals surface area (Å²) < 4.78 is 0. The molecule has 0 saturated heterocycles. The second kappa shape index (κ2) is 10.3. The van der Waals surface area contributed by atoms with E-state index in [0.717, 1.165) is 24.1 Å². The van der Waals surface area contributed by atoms with E-state index >= 15 is 0 Å². The lowest BCUT2D eigenvalue weighted by Gasteiger charge is -2.16. The average molecular weight is 354 g/mol. The lowest BCUT2D eigenvalue weighted by atomic mass is 10.2. The Hall–Kier alpha value is -2.73. The Bertz CT molecular complexity index is 702. The Balaban J connectivity index is 1.78. The van der Waals surface area contributed by atoms with Crippen molar-refractivity contribution in [1.82, 2.24) is 9.88 Å². The smallest absolute Gasteiger partial charge is 0.238 e. The maximum Gasteiger partial charge on any atom is 0.238 e. The molecule has 0 spiro atoms. The van der Waals surface area contributed by atoms with Crippen molar-refractivity contribution in [2.75, 3.05) is 24.2 Å². The standard InChI is InChI=1S/C20H26N4O2/c1-3-4-5-19(25)22-17-6-8-18(9-7-17)23-20(26)15-24(2)14-16-10-12-21-13-11-16/h6-13H,3-5,14-15H2,1-2H3,(H,22,25)(H,23,26). The van der Waals surface area contributed by atoms with Gasteiger partial charge in [-0.25, -0.2) is 0 Å². The highest BCUT2D eigenvalue weighted by molar-refractivity contribution is 5.93. The van der Waals surface area contributed by atoms with Crippen LogP contribution >= 0.6 is 0 Å². The number of pyridine rings is 1. The summed E-state index contributed by atoms with van der Waals surface area (Å²) in [5.41, 5.74) is 2.55. The van der Waals surface area contributed by atoms with E-state index in [1.807, 2.05) is 24.1 Å². The highest BCUT2D eigenvalue weighted by Gasteiger charge is 2.08. The molecule has 2 N–H and O–H groups in total. The third-order valence-electron chi connectivity index (χ3n) is 3.83. The summed E-state index contributed by atoms with van der Waals surface area (Å²) in [6, 6.07) is 11.0. The van der Waals surface area contributed by atoms with Crippen LogP contribution in [0.2, 0.25) is 0 Å². The minimum atomic E-state index is -0.0821. The molecule has 26 heavy (non-hydrogen) atoms. The average Bonchev–Trinajstić information content (AvgIpc) is 2.62. The predicted molar refractivity (Wildman–Crippen MR) is 104 cm³/mol. The Labute approximate surface area is 154 Å². The second-order valence-electron chi connectivity index (χ2n) is 6.31. The topological polar surface area (TPSA) is 74.3 Å². The van der Waals surface area contributed by atoms with Gasteiger partial charge in [-0.3, -0.25) is 19.5 Å². The molecule has 138 valence electrons. The van der Waals surface area contributed by atoms with Gasteiger partial charge in [-0.2, -0.15) is 0 Å². The number of anilines is 2. The van der Waals surface area contributed by atoms with E-state index in [2.05, 4.69) is 22.5 Å². The van der Waals surface area contributed by atoms with E-state index in [0.29, 0.717) is 18.7 Å². The molecule has 0 aliphatic carbocycles. The van der Waals surface area contributed by atoms with Crippen LogP contribution in [0.3, 0.4) is 0 Å². The summed E-state index contributed by atoms with van der Waals surface area (Å²) in [7, 11) is 1.90. The van der Waals surface area contributed by atoms with E-state index in [1.165, 1.54) is 0 Å². The zero-order valence-electron chi connectivity index (χ0n) is 15.4. The number of benzene rings is 1. The van der Waals surface area contributed by atoms with Gasteiger partial charge in [0.05, 0.1) is 6.54 Å². The molecule has 0 unspecified atom stereocenters. The number of hydrogen-bond donors (Lipinski definition) is 2. The molecule has 6 nitrogen and oxygen atoms in total. The van der Waals surface area contributed by atoms with Gasteiger partial charge in [0.25, 0.3) is 0 Å². The molecule has 2 aromatic rings. The molecular formula is C20H26N4O2. The highest BCUT2D eigenvalue weighted by atomic mass is 16.2. The molecule has 1 aromatic heterocycles. The van der Waals surface area contributed by atoms with E-state index in [4.69, 9.17) is 0 Å². The van der Waals surface area contributed by atoms with Crippen LogP contribution in [0.5, 0.6) is 0 Å². The zero-order valence-corrected chi connectivity index (χ0v) is 15.4. The first-order valence-electron chi connectivity index (χ1n) is 8.84. The second-order valence-corrected chi connectivity index (χ2v) is 6.31. The molecule has 0 fully saturated rings. The van der Waals surface area contributed by atoms with Crippen LogP contribution in [0.15, 0.2) is 48.8 Å². The molecule has 0 atom stereocenters. The van der Waals surface area contributed by atoms with Crippen molar-refractivity contribution in [1.29, 1.82) is 0 Å². The van der Waals surface area contributed by atoms with Crippen LogP contribution in [-0.2, 0) is 16.1 Å². The van der Waals surface area contributed by atoms with Gasteiger partial charge in [0.15, 0.2) is 0 Å². The maximum atomic E-state index is 12.2. The molecule has 1 heterocycles. The number of aromatic nitrogens is 1. The number of carbonyl (C=O) groups is 2. The van der Waals surface area contributed by atoms with Crippen LogP contribution in [0.25, 0.3) is 0 Å². The Kier molecular flexibility index (Phi) is 7.76. The first kappa shape index (κ1) is 19.6. The van der Waals surface area contributed by atoms with Crippen LogP contribution < -0.4 is 10.6 Å². The third-order valence-corrected chi connectivity index (χ3v) is 3.83. The van der Waals surface area contributed by atoms with Crippen LogP contribution in [-0.4, -0.2) is 35.3 Å². The molecule has 0 bridgehead atoms. The Morgan fingerprint density at radius 3 is 2.12 bits per heavy atom. The SMILES string of the molecule is CCCCC(=O)Nc1ccc(NC(=O)CN(C)Cc2ccncc2)cc1. The van der Waals surface area contributed by atoms with E-state index in [9.17, 15) is 9.59 Å². The molecule has 0 aliphatic heterocycles. The number of rotatable bonds is 9. The largest absolute Gasteiger partial charge is 0.326 e. The fourth-order valence-corrected chi connectivity index (χ4v) is 2.50. The minimum absolute atomic E-state index is 0.0152. The van der Waals surface area contributed by atoms with Gasteiger partial charge in [-0.05, 0) is 55.4 Å². The molecule has 2 amide bonds. The zero-order chi connectivity index (χ0) is 18.8. The number of nitrogens with zero attached hydrogens (tertiary/aromatic N) is 2. The molecule has 0 aliphatic rings. The van der Waals surface area contributed by atoms with Crippen LogP contribution in [0.1, 0.15) is 31.7 Å². The van der Waals surface area contributed by atoms with Gasteiger partial charge in [-0.1, -0.05) is 13.3 Å². The van der Waals surface area contributed by atoms with E-state index in [1.54, 1.807) is 36.7 Å². The fourth-order valence-electron chi connectivity index (χ4n) is 2.50. The molecule has 1 aromatic carbocycles. The van der Waals surface area contributed by atoms with Crippen LogP contribution in [0, 0.1) is 0 Å². The maximum absolute atomic E-state index is 12.2. The molecule has 6 heteroatoms. The third kappa shape index (κ3) is 7.03. The van der Waals surface area contributed by atoms with Gasteiger partial charge in [0.1, 0.15) is 0 Å². The summed E-state index contributed by atoms with van der Waals surface area (Å²) in [5.74, 6) is -0.0670. The lowest BCUT2D eigenvalue weighted by Crippen LogP contribution is -2.29. The summed E-state index contributed by atoms with van der Waals surface area (Å²) in [5, 5.41) is 5.72. The van der Waals surface area contributed by atoms with Crippen molar-refractivity contribution in [2.45, 2.75) is 32.7 Å². The van der Waals surface area contributed by atoms with Crippen molar-refractivity contribution in [3.63, 3.8) is 0 Å². The first-order valence-corrected chi connectivity index (χ1v) is 8.84.